The molecule has 9 heteroatoms. The van der Waals surface area contributed by atoms with Crippen LogP contribution in [0.25, 0.3) is 10.9 Å². The molecule has 0 fully saturated rings. The molecule has 1 amide bonds. The number of pyridine rings is 1. The Morgan fingerprint density at radius 2 is 1.97 bits per heavy atom. The summed E-state index contributed by atoms with van der Waals surface area (Å²) in [5, 5.41) is 12.7. The van der Waals surface area contributed by atoms with E-state index in [0.29, 0.717) is 23.0 Å². The minimum atomic E-state index is -1.21. The van der Waals surface area contributed by atoms with Crippen LogP contribution in [0.15, 0.2) is 42.5 Å². The van der Waals surface area contributed by atoms with Gasteiger partial charge in [-0.15, -0.1) is 0 Å². The Morgan fingerprint density at radius 1 is 1.19 bits per heavy atom. The number of fused-ring (bicyclic) bond motifs is 2. The highest BCUT2D eigenvalue weighted by Crippen LogP contribution is 2.29. The van der Waals surface area contributed by atoms with E-state index < -0.39 is 23.9 Å². The van der Waals surface area contributed by atoms with Gasteiger partial charge in [-0.3, -0.25) is 14.7 Å². The minimum absolute atomic E-state index is 0.0606. The zero-order valence-corrected chi connectivity index (χ0v) is 21.0. The molecule has 2 aromatic carbocycles. The van der Waals surface area contributed by atoms with E-state index in [2.05, 4.69) is 17.1 Å². The van der Waals surface area contributed by atoms with Gasteiger partial charge in [-0.2, -0.15) is 0 Å². The summed E-state index contributed by atoms with van der Waals surface area (Å²) in [6.45, 7) is 6.25. The highest BCUT2D eigenvalue weighted by atomic mass is 35.5. The quantitative estimate of drug-likeness (QED) is 0.414. The number of rotatable bonds is 8. The van der Waals surface area contributed by atoms with Crippen molar-refractivity contribution >= 4 is 46.0 Å². The average molecular weight is 510 g/mol. The van der Waals surface area contributed by atoms with Gasteiger partial charge < -0.3 is 15.2 Å². The molecule has 0 aliphatic carbocycles. The number of benzene rings is 2. The fourth-order valence-corrected chi connectivity index (χ4v) is 4.68. The molecule has 0 bridgehead atoms. The molecule has 2 heterocycles. The van der Waals surface area contributed by atoms with Crippen LogP contribution in [0.3, 0.4) is 0 Å². The van der Waals surface area contributed by atoms with Crippen LogP contribution in [-0.4, -0.2) is 52.0 Å². The maximum Gasteiger partial charge on any atom is 0.340 e. The molecule has 1 atom stereocenters. The number of esters is 1. The number of carboxylic acid groups (broad SMARTS) is 1. The first-order chi connectivity index (χ1) is 17.3. The standard InChI is InChI=1S/C27H28ClN3O5/c1-3-12-31-13-11-22-19(15-31)24(17-7-5-6-8-21(17)30-22)27(35)36-23(4-2)25(32)29-16-9-10-20(28)18(14-16)26(33)34/h5-10,14,23H,3-4,11-13,15H2,1-2H3,(H,29,32)(H,33,34). The largest absolute Gasteiger partial charge is 0.478 e. The van der Waals surface area contributed by atoms with E-state index in [1.54, 1.807) is 6.92 Å². The number of ether oxygens (including phenoxy) is 1. The summed E-state index contributed by atoms with van der Waals surface area (Å²) in [6, 6.07) is 11.6. The first-order valence-corrected chi connectivity index (χ1v) is 12.4. The highest BCUT2D eigenvalue weighted by molar-refractivity contribution is 6.33. The van der Waals surface area contributed by atoms with Crippen LogP contribution in [0.4, 0.5) is 5.69 Å². The number of carboxylic acids is 1. The molecule has 36 heavy (non-hydrogen) atoms. The highest BCUT2D eigenvalue weighted by Gasteiger charge is 2.29. The molecule has 1 unspecified atom stereocenters. The topological polar surface area (TPSA) is 109 Å². The first-order valence-electron chi connectivity index (χ1n) is 12.0. The van der Waals surface area contributed by atoms with E-state index in [9.17, 15) is 19.5 Å². The second-order valence-electron chi connectivity index (χ2n) is 8.75. The van der Waals surface area contributed by atoms with Gasteiger partial charge in [-0.05, 0) is 43.7 Å². The van der Waals surface area contributed by atoms with Crippen molar-refractivity contribution in [3.05, 3.63) is 69.9 Å². The van der Waals surface area contributed by atoms with Gasteiger partial charge >= 0.3 is 11.9 Å². The lowest BCUT2D eigenvalue weighted by Gasteiger charge is -2.30. The van der Waals surface area contributed by atoms with E-state index in [1.807, 2.05) is 24.3 Å². The fourth-order valence-electron chi connectivity index (χ4n) is 4.49. The molecule has 0 saturated carbocycles. The van der Waals surface area contributed by atoms with Crippen molar-refractivity contribution in [3.63, 3.8) is 0 Å². The smallest absolute Gasteiger partial charge is 0.340 e. The molecule has 3 aromatic rings. The van der Waals surface area contributed by atoms with Crippen LogP contribution >= 0.6 is 11.6 Å². The maximum absolute atomic E-state index is 13.6. The molecule has 188 valence electrons. The summed E-state index contributed by atoms with van der Waals surface area (Å²) in [5.41, 5.74) is 3.00. The number of nitrogens with one attached hydrogen (secondary N) is 1. The van der Waals surface area contributed by atoms with Crippen molar-refractivity contribution in [2.45, 2.75) is 45.8 Å². The lowest BCUT2D eigenvalue weighted by molar-refractivity contribution is -0.124. The normalized spacial score (nSPS) is 14.2. The number of halogens is 1. The Labute approximate surface area is 214 Å². The van der Waals surface area contributed by atoms with Gasteiger partial charge in [0.15, 0.2) is 6.10 Å². The van der Waals surface area contributed by atoms with Crippen molar-refractivity contribution < 1.29 is 24.2 Å². The third-order valence-electron chi connectivity index (χ3n) is 6.25. The van der Waals surface area contributed by atoms with Crippen molar-refractivity contribution in [1.82, 2.24) is 9.88 Å². The van der Waals surface area contributed by atoms with Crippen LogP contribution in [-0.2, 0) is 22.5 Å². The molecular formula is C27H28ClN3O5. The van der Waals surface area contributed by atoms with Crippen molar-refractivity contribution in [2.75, 3.05) is 18.4 Å². The zero-order chi connectivity index (χ0) is 25.8. The van der Waals surface area contributed by atoms with Gasteiger partial charge in [-0.1, -0.05) is 43.6 Å². The summed E-state index contributed by atoms with van der Waals surface area (Å²) < 4.78 is 5.75. The van der Waals surface area contributed by atoms with E-state index >= 15 is 0 Å². The predicted molar refractivity (Wildman–Crippen MR) is 138 cm³/mol. The first kappa shape index (κ1) is 25.6. The van der Waals surface area contributed by atoms with E-state index in [-0.39, 0.29) is 22.7 Å². The second kappa shape index (κ2) is 11.1. The summed E-state index contributed by atoms with van der Waals surface area (Å²) in [5.74, 6) is -2.34. The molecule has 1 aliphatic rings. The Morgan fingerprint density at radius 3 is 2.69 bits per heavy atom. The lowest BCUT2D eigenvalue weighted by atomic mass is 9.95. The second-order valence-corrected chi connectivity index (χ2v) is 9.15. The van der Waals surface area contributed by atoms with E-state index in [4.69, 9.17) is 21.3 Å². The lowest BCUT2D eigenvalue weighted by Crippen LogP contribution is -2.35. The SMILES string of the molecule is CCCN1CCc2nc3ccccc3c(C(=O)OC(CC)C(=O)Nc3ccc(Cl)c(C(=O)O)c3)c2C1. The van der Waals surface area contributed by atoms with Crippen LogP contribution in [0, 0.1) is 0 Å². The summed E-state index contributed by atoms with van der Waals surface area (Å²) in [7, 11) is 0. The van der Waals surface area contributed by atoms with Gasteiger partial charge in [0.1, 0.15) is 0 Å². The third kappa shape index (κ3) is 5.34. The number of hydrogen-bond donors (Lipinski definition) is 2. The van der Waals surface area contributed by atoms with Gasteiger partial charge in [0, 0.05) is 41.8 Å². The molecule has 1 aliphatic heterocycles. The number of carbonyl (C=O) groups excluding carboxylic acids is 2. The molecule has 1 aromatic heterocycles. The van der Waals surface area contributed by atoms with Gasteiger partial charge in [-0.25, -0.2) is 9.59 Å². The van der Waals surface area contributed by atoms with Crippen LogP contribution in [0.2, 0.25) is 5.02 Å². The number of nitrogens with zero attached hydrogens (tertiary/aromatic N) is 2. The number of para-hydroxylation sites is 1. The Hall–Kier alpha value is -3.49. The van der Waals surface area contributed by atoms with Crippen molar-refractivity contribution in [1.29, 1.82) is 0 Å². The molecular weight excluding hydrogens is 482 g/mol. The minimum Gasteiger partial charge on any atom is -0.478 e. The zero-order valence-electron chi connectivity index (χ0n) is 20.2. The van der Waals surface area contributed by atoms with E-state index in [0.717, 1.165) is 37.2 Å². The molecule has 0 saturated heterocycles. The molecule has 2 N–H and O–H groups in total. The van der Waals surface area contributed by atoms with Crippen LogP contribution < -0.4 is 5.32 Å². The summed E-state index contributed by atoms with van der Waals surface area (Å²) >= 11 is 5.92. The molecule has 8 nitrogen and oxygen atoms in total. The molecule has 4 rings (SSSR count). The van der Waals surface area contributed by atoms with Crippen LogP contribution in [0.1, 0.15) is 58.7 Å². The van der Waals surface area contributed by atoms with E-state index in [1.165, 1.54) is 18.2 Å². The number of amides is 1. The Kier molecular flexibility index (Phi) is 7.86. The average Bonchev–Trinajstić information content (AvgIpc) is 2.86. The predicted octanol–water partition coefficient (Wildman–Crippen LogP) is 4.93. The summed E-state index contributed by atoms with van der Waals surface area (Å²) in [6.07, 6.45) is 0.909. The summed E-state index contributed by atoms with van der Waals surface area (Å²) in [4.78, 5) is 45.0. The van der Waals surface area contributed by atoms with Crippen LogP contribution in [0.5, 0.6) is 0 Å². The molecule has 0 radical (unpaired) electrons. The number of anilines is 1. The number of hydrogen-bond acceptors (Lipinski definition) is 6. The third-order valence-corrected chi connectivity index (χ3v) is 6.58. The monoisotopic (exact) mass is 509 g/mol. The van der Waals surface area contributed by atoms with Gasteiger partial charge in [0.05, 0.1) is 21.7 Å². The number of aromatic nitrogens is 1. The van der Waals surface area contributed by atoms with Gasteiger partial charge in [0.2, 0.25) is 0 Å². The maximum atomic E-state index is 13.6. The number of carbonyl (C=O) groups is 3. The number of aromatic carboxylic acids is 1. The van der Waals surface area contributed by atoms with Gasteiger partial charge in [0.25, 0.3) is 5.91 Å². The Balaban J connectivity index is 1.62. The molecule has 0 spiro atoms. The van der Waals surface area contributed by atoms with Crippen molar-refractivity contribution in [2.24, 2.45) is 0 Å². The fraction of sp³-hybridized carbons (Fsp3) is 0.333. The Bertz CT molecular complexity index is 1330. The van der Waals surface area contributed by atoms with Crippen molar-refractivity contribution in [3.8, 4) is 0 Å².